The van der Waals surface area contributed by atoms with Gasteiger partial charge in [0, 0.05) is 30.9 Å². The number of nitrogens with zero attached hydrogens (tertiary/aromatic N) is 4. The number of amides is 1. The van der Waals surface area contributed by atoms with Gasteiger partial charge in [0.25, 0.3) is 0 Å². The van der Waals surface area contributed by atoms with Crippen molar-refractivity contribution in [2.24, 2.45) is 0 Å². The molecule has 1 amide bonds. The number of hydrogen-bond donors (Lipinski definition) is 1. The molecule has 1 aliphatic heterocycles. The smallest absolute Gasteiger partial charge is 0.238 e. The number of aromatic nitrogens is 3. The van der Waals surface area contributed by atoms with Crippen molar-refractivity contribution in [1.82, 2.24) is 15.0 Å². The van der Waals surface area contributed by atoms with Gasteiger partial charge in [0.2, 0.25) is 5.91 Å². The number of aryl methyl sites for hydroxylation is 1. The predicted octanol–water partition coefficient (Wildman–Crippen LogP) is 4.36. The molecular formula is C24H26ClN5O2. The van der Waals surface area contributed by atoms with Crippen molar-refractivity contribution in [2.75, 3.05) is 30.4 Å². The fourth-order valence-electron chi connectivity index (χ4n) is 4.17. The molecule has 0 radical (unpaired) electrons. The van der Waals surface area contributed by atoms with E-state index in [4.69, 9.17) is 16.3 Å². The number of halogens is 1. The Hall–Kier alpha value is -3.19. The van der Waals surface area contributed by atoms with E-state index in [0.29, 0.717) is 29.7 Å². The number of ether oxygens (including phenoxy) is 1. The molecule has 4 rings (SSSR count). The number of hydrogen-bond acceptors (Lipinski definition) is 6. The van der Waals surface area contributed by atoms with Crippen LogP contribution in [0.3, 0.4) is 0 Å². The van der Waals surface area contributed by atoms with Crippen molar-refractivity contribution in [1.29, 1.82) is 0 Å². The Morgan fingerprint density at radius 2 is 1.94 bits per heavy atom. The molecule has 0 unspecified atom stereocenters. The predicted molar refractivity (Wildman–Crippen MR) is 126 cm³/mol. The van der Waals surface area contributed by atoms with Crippen LogP contribution in [-0.2, 0) is 10.2 Å². The molecule has 1 aliphatic rings. The minimum atomic E-state index is -0.746. The van der Waals surface area contributed by atoms with Gasteiger partial charge in [-0.25, -0.2) is 15.0 Å². The number of nitrogens with one attached hydrogen (secondary N) is 1. The van der Waals surface area contributed by atoms with Gasteiger partial charge in [-0.1, -0.05) is 49.7 Å². The maximum Gasteiger partial charge on any atom is 0.238 e. The van der Waals surface area contributed by atoms with Crippen molar-refractivity contribution >= 4 is 29.0 Å². The largest absolute Gasteiger partial charge is 0.494 e. The van der Waals surface area contributed by atoms with E-state index < -0.39 is 5.41 Å². The number of anilines is 2. The number of benzene rings is 1. The number of carbonyl (C=O) groups excluding carboxylic acids is 1. The molecule has 3 aromatic rings. The molecule has 166 valence electrons. The first-order valence-electron chi connectivity index (χ1n) is 10.5. The zero-order valence-electron chi connectivity index (χ0n) is 18.6. The summed E-state index contributed by atoms with van der Waals surface area (Å²) in [6.45, 7) is 7.21. The van der Waals surface area contributed by atoms with Crippen LogP contribution in [0.5, 0.6) is 5.75 Å². The quantitative estimate of drug-likeness (QED) is 0.561. The van der Waals surface area contributed by atoms with E-state index in [9.17, 15) is 4.79 Å². The average Bonchev–Trinajstić information content (AvgIpc) is 2.74. The molecule has 1 saturated heterocycles. The van der Waals surface area contributed by atoms with Gasteiger partial charge in [-0.2, -0.15) is 0 Å². The minimum absolute atomic E-state index is 0.116. The molecule has 0 saturated carbocycles. The van der Waals surface area contributed by atoms with E-state index in [2.05, 4.69) is 51.1 Å². The molecule has 1 aromatic carbocycles. The van der Waals surface area contributed by atoms with Crippen molar-refractivity contribution in [3.8, 4) is 5.75 Å². The third-order valence-electron chi connectivity index (χ3n) is 5.87. The lowest BCUT2D eigenvalue weighted by molar-refractivity contribution is -0.122. The Kier molecular flexibility index (Phi) is 6.02. The normalized spacial score (nSPS) is 14.8. The standard InChI is InChI=1S/C24H26ClN5O2/c1-15(2)17-7-5-6-8-18(17)24(12-30(13-24)22-9-16(3)27-14-28-22)23(31)29-19-11-26-21(25)10-20(19)32-4/h5-11,14-15H,12-13H2,1-4H3,(H,29,31). The first kappa shape index (κ1) is 22.0. The van der Waals surface area contributed by atoms with Crippen molar-refractivity contribution < 1.29 is 9.53 Å². The monoisotopic (exact) mass is 451 g/mol. The van der Waals surface area contributed by atoms with Gasteiger partial charge < -0.3 is 15.0 Å². The highest BCUT2D eigenvalue weighted by Gasteiger charge is 2.52. The second-order valence-electron chi connectivity index (χ2n) is 8.36. The van der Waals surface area contributed by atoms with Gasteiger partial charge in [0.15, 0.2) is 0 Å². The van der Waals surface area contributed by atoms with Crippen molar-refractivity contribution in [2.45, 2.75) is 32.1 Å². The summed E-state index contributed by atoms with van der Waals surface area (Å²) in [5.74, 6) is 1.44. The van der Waals surface area contributed by atoms with Crippen LogP contribution in [0.2, 0.25) is 5.15 Å². The topological polar surface area (TPSA) is 80.2 Å². The average molecular weight is 452 g/mol. The van der Waals surface area contributed by atoms with Crippen LogP contribution in [0.1, 0.15) is 36.6 Å². The molecule has 3 heterocycles. The zero-order valence-corrected chi connectivity index (χ0v) is 19.3. The van der Waals surface area contributed by atoms with Crippen LogP contribution in [0.25, 0.3) is 0 Å². The highest BCUT2D eigenvalue weighted by molar-refractivity contribution is 6.29. The van der Waals surface area contributed by atoms with Gasteiger partial charge in [-0.15, -0.1) is 0 Å². The summed E-state index contributed by atoms with van der Waals surface area (Å²) in [4.78, 5) is 28.6. The second-order valence-corrected chi connectivity index (χ2v) is 8.75. The van der Waals surface area contributed by atoms with Crippen LogP contribution >= 0.6 is 11.6 Å². The Labute approximate surface area is 192 Å². The van der Waals surface area contributed by atoms with Crippen molar-refractivity contribution in [3.05, 3.63) is 70.9 Å². The van der Waals surface area contributed by atoms with Gasteiger partial charge in [0.1, 0.15) is 34.2 Å². The van der Waals surface area contributed by atoms with Crippen LogP contribution in [0, 0.1) is 6.92 Å². The van der Waals surface area contributed by atoms with Crippen molar-refractivity contribution in [3.63, 3.8) is 0 Å². The summed E-state index contributed by atoms with van der Waals surface area (Å²) in [6, 6.07) is 11.7. The summed E-state index contributed by atoms with van der Waals surface area (Å²) >= 11 is 5.99. The Bertz CT molecular complexity index is 1140. The van der Waals surface area contributed by atoms with Crippen LogP contribution in [-0.4, -0.2) is 41.1 Å². The molecule has 32 heavy (non-hydrogen) atoms. The van der Waals surface area contributed by atoms with E-state index >= 15 is 0 Å². The Balaban J connectivity index is 1.72. The van der Waals surface area contributed by atoms with Gasteiger partial charge in [-0.05, 0) is 24.0 Å². The number of pyridine rings is 1. The lowest BCUT2D eigenvalue weighted by Gasteiger charge is -2.50. The summed E-state index contributed by atoms with van der Waals surface area (Å²) in [6.07, 6.45) is 3.07. The minimum Gasteiger partial charge on any atom is -0.494 e. The molecule has 1 fully saturated rings. The number of rotatable bonds is 6. The molecular weight excluding hydrogens is 426 g/mol. The van der Waals surface area contributed by atoms with Crippen LogP contribution in [0.15, 0.2) is 48.9 Å². The van der Waals surface area contributed by atoms with Gasteiger partial charge >= 0.3 is 0 Å². The fraction of sp³-hybridized carbons (Fsp3) is 0.333. The molecule has 0 aliphatic carbocycles. The summed E-state index contributed by atoms with van der Waals surface area (Å²) < 4.78 is 5.40. The zero-order chi connectivity index (χ0) is 22.9. The third kappa shape index (κ3) is 4.00. The van der Waals surface area contributed by atoms with E-state index in [0.717, 1.165) is 22.6 Å². The first-order chi connectivity index (χ1) is 15.3. The Morgan fingerprint density at radius 3 is 2.62 bits per heavy atom. The maximum atomic E-state index is 13.8. The molecule has 7 nitrogen and oxygen atoms in total. The molecule has 1 N–H and O–H groups in total. The molecule has 8 heteroatoms. The van der Waals surface area contributed by atoms with E-state index in [1.54, 1.807) is 12.4 Å². The van der Waals surface area contributed by atoms with Gasteiger partial charge in [0.05, 0.1) is 13.3 Å². The highest BCUT2D eigenvalue weighted by Crippen LogP contribution is 2.42. The number of methoxy groups -OCH3 is 1. The lowest BCUT2D eigenvalue weighted by Crippen LogP contribution is -2.65. The van der Waals surface area contributed by atoms with Crippen LogP contribution in [0.4, 0.5) is 11.5 Å². The fourth-order valence-corrected chi connectivity index (χ4v) is 4.32. The van der Waals surface area contributed by atoms with E-state index in [1.807, 2.05) is 25.1 Å². The Morgan fingerprint density at radius 1 is 1.19 bits per heavy atom. The highest BCUT2D eigenvalue weighted by atomic mass is 35.5. The molecule has 0 spiro atoms. The first-order valence-corrected chi connectivity index (χ1v) is 10.9. The van der Waals surface area contributed by atoms with E-state index in [-0.39, 0.29) is 11.8 Å². The SMILES string of the molecule is COc1cc(Cl)ncc1NC(=O)C1(c2ccccc2C(C)C)CN(c2cc(C)ncn2)C1. The van der Waals surface area contributed by atoms with E-state index in [1.165, 1.54) is 13.3 Å². The third-order valence-corrected chi connectivity index (χ3v) is 6.08. The molecule has 0 atom stereocenters. The number of carbonyl (C=O) groups is 1. The lowest BCUT2D eigenvalue weighted by atomic mass is 9.69. The summed E-state index contributed by atoms with van der Waals surface area (Å²) in [5, 5.41) is 3.33. The van der Waals surface area contributed by atoms with Crippen LogP contribution < -0.4 is 15.0 Å². The summed E-state index contributed by atoms with van der Waals surface area (Å²) in [5.41, 5.74) is 2.80. The maximum absolute atomic E-state index is 13.8. The summed E-state index contributed by atoms with van der Waals surface area (Å²) in [7, 11) is 1.54. The second kappa shape index (κ2) is 8.74. The molecule has 0 bridgehead atoms. The molecule has 2 aromatic heterocycles. The van der Waals surface area contributed by atoms with Gasteiger partial charge in [-0.3, -0.25) is 4.79 Å².